The lowest BCUT2D eigenvalue weighted by Crippen LogP contribution is -2.69. The fourth-order valence-corrected chi connectivity index (χ4v) is 14.0. The third kappa shape index (κ3) is 17.5. The summed E-state index contributed by atoms with van der Waals surface area (Å²) < 4.78 is 249. The van der Waals surface area contributed by atoms with E-state index in [1.54, 1.807) is 0 Å². The maximum absolute atomic E-state index is 12.8. The highest BCUT2D eigenvalue weighted by Gasteiger charge is 2.61. The predicted octanol–water partition coefficient (Wildman–Crippen LogP) is -1.00. The molecule has 12 bridgehead atoms. The van der Waals surface area contributed by atoms with Gasteiger partial charge in [0, 0.05) is 85.3 Å². The Labute approximate surface area is 528 Å². The van der Waals surface area contributed by atoms with Gasteiger partial charge in [-0.15, -0.1) is 0 Å². The zero-order chi connectivity index (χ0) is 66.2. The molecule has 30 unspecified atom stereocenters. The number of methoxy groups -OCH3 is 12. The molecule has 0 amide bonds. The first-order chi connectivity index (χ1) is 42.8. The van der Waals surface area contributed by atoms with E-state index in [0.717, 1.165) is 18.8 Å². The topological polar surface area (TPSA) is 352 Å². The van der Waals surface area contributed by atoms with Crippen LogP contribution >= 0.6 is 0 Å². The summed E-state index contributed by atoms with van der Waals surface area (Å²) in [6.07, 6.45) is -32.1. The monoisotopic (exact) mass is 1370 g/mol. The molecule has 0 N–H and O–H groups in total. The van der Waals surface area contributed by atoms with Gasteiger partial charge in [-0.1, -0.05) is 20.8 Å². The Morgan fingerprint density at radius 2 is 0.378 bits per heavy atom. The Morgan fingerprint density at radius 1 is 0.233 bits per heavy atom. The van der Waals surface area contributed by atoms with Crippen molar-refractivity contribution >= 4 is 30.4 Å². The molecule has 36 heteroatoms. The quantitative estimate of drug-likeness (QED) is 0.105. The Morgan fingerprint density at radius 3 is 0.511 bits per heavy atom. The van der Waals surface area contributed by atoms with E-state index >= 15 is 0 Å². The molecule has 0 aromatic heterocycles. The van der Waals surface area contributed by atoms with E-state index in [0.29, 0.717) is 19.3 Å². The van der Waals surface area contributed by atoms with Crippen LogP contribution in [0.4, 0.5) is 0 Å². The van der Waals surface area contributed by atoms with Crippen molar-refractivity contribution in [1.82, 2.24) is 0 Å². The van der Waals surface area contributed by atoms with Crippen LogP contribution in [0, 0.1) is 0 Å². The van der Waals surface area contributed by atoms with Gasteiger partial charge in [0.25, 0.3) is 30.4 Å². The van der Waals surface area contributed by atoms with Gasteiger partial charge >= 0.3 is 0 Å². The van der Waals surface area contributed by atoms with Gasteiger partial charge < -0.3 is 114 Å². The maximum Gasteiger partial charge on any atom is 0.264 e. The first-order valence-corrected chi connectivity index (χ1v) is 35.0. The largest absolute Gasteiger partial charge is 0.376 e. The molecule has 90 heavy (non-hydrogen) atoms. The van der Waals surface area contributed by atoms with E-state index in [1.807, 2.05) is 20.8 Å². The fraction of sp³-hybridized carbons (Fsp3) is 1.00. The van der Waals surface area contributed by atoms with E-state index in [2.05, 4.69) is 0 Å². The van der Waals surface area contributed by atoms with Gasteiger partial charge in [0.1, 0.15) is 128 Å². The molecule has 30 atom stereocenters. The molecule has 0 aliphatic carbocycles. The molecule has 0 spiro atoms. The van der Waals surface area contributed by atoms with Crippen molar-refractivity contribution in [2.75, 3.05) is 124 Å². The van der Waals surface area contributed by atoms with Gasteiger partial charge in [-0.05, 0) is 19.3 Å². The third-order valence-corrected chi connectivity index (χ3v) is 18.8. The maximum atomic E-state index is 12.8. The number of hydrogen-bond acceptors (Lipinski definition) is 33. The van der Waals surface area contributed by atoms with Crippen molar-refractivity contribution in [3.63, 3.8) is 0 Å². The average molecular weight is 1370 g/mol. The molecule has 22 fully saturated rings. The summed E-state index contributed by atoms with van der Waals surface area (Å²) in [6.45, 7) is 3.50. The highest BCUT2D eigenvalue weighted by molar-refractivity contribution is 7.86. The summed E-state index contributed by atoms with van der Waals surface area (Å²) in [5.41, 5.74) is 0. The highest BCUT2D eigenvalue weighted by atomic mass is 32.2. The molecule has 0 radical (unpaired) electrons. The average Bonchev–Trinajstić information content (AvgIpc) is 0.795. The van der Waals surface area contributed by atoms with Crippen LogP contribution in [0.5, 0.6) is 0 Å². The predicted molar refractivity (Wildman–Crippen MR) is 304 cm³/mol. The van der Waals surface area contributed by atoms with Crippen LogP contribution < -0.4 is 0 Å². The van der Waals surface area contributed by atoms with Crippen molar-refractivity contribution in [2.45, 2.75) is 224 Å². The van der Waals surface area contributed by atoms with E-state index in [9.17, 15) is 25.3 Å². The molecule has 22 heterocycles. The van der Waals surface area contributed by atoms with E-state index < -0.39 is 234 Å². The molecule has 33 nitrogen and oxygen atoms in total. The zero-order valence-corrected chi connectivity index (χ0v) is 56.7. The Bertz CT molecular complexity index is 2470. The second-order valence-corrected chi connectivity index (χ2v) is 27.4. The van der Waals surface area contributed by atoms with Crippen LogP contribution in [0.1, 0.15) is 40.0 Å². The van der Waals surface area contributed by atoms with Crippen LogP contribution in [0.25, 0.3) is 0 Å². The summed E-state index contributed by atoms with van der Waals surface area (Å²) in [6, 6.07) is 0. The molecule has 528 valence electrons. The van der Waals surface area contributed by atoms with Crippen LogP contribution in [0.15, 0.2) is 0 Å². The zero-order valence-electron chi connectivity index (χ0n) is 54.3. The summed E-state index contributed by atoms with van der Waals surface area (Å²) in [5, 5.41) is 0. The third-order valence-electron chi connectivity index (χ3n) is 17.1. The first-order valence-electron chi connectivity index (χ1n) is 29.5. The van der Waals surface area contributed by atoms with Crippen LogP contribution in [0.2, 0.25) is 0 Å². The van der Waals surface area contributed by atoms with Crippen molar-refractivity contribution in [3.05, 3.63) is 0 Å². The Balaban J connectivity index is 1.39. The van der Waals surface area contributed by atoms with E-state index in [-0.39, 0.29) is 0 Å². The summed E-state index contributed by atoms with van der Waals surface area (Å²) in [5.74, 6) is 0. The minimum absolute atomic E-state index is 0.308. The van der Waals surface area contributed by atoms with Crippen molar-refractivity contribution < 1.29 is 151 Å². The Kier molecular flexibility index (Phi) is 28.6. The summed E-state index contributed by atoms with van der Waals surface area (Å²) in [7, 11) is 4.22. The van der Waals surface area contributed by atoms with Crippen molar-refractivity contribution in [2.24, 2.45) is 0 Å². The number of hydrogen-bond donors (Lipinski definition) is 0. The Hall–Kier alpha value is -1.23. The van der Waals surface area contributed by atoms with Gasteiger partial charge in [-0.2, -0.15) is 25.3 Å². The van der Waals surface area contributed by atoms with E-state index in [1.165, 1.54) is 85.3 Å². The molecule has 22 saturated heterocycles. The highest BCUT2D eigenvalue weighted by Crippen LogP contribution is 2.43. The second-order valence-electron chi connectivity index (χ2n) is 22.5. The first kappa shape index (κ1) is 76.1. The summed E-state index contributed by atoms with van der Waals surface area (Å²) in [4.78, 5) is 0. The lowest BCUT2D eigenvalue weighted by atomic mass is 9.93. The van der Waals surface area contributed by atoms with Crippen LogP contribution in [-0.2, 0) is 157 Å². The molecule has 22 aliphatic rings. The van der Waals surface area contributed by atoms with Crippen molar-refractivity contribution in [3.8, 4) is 0 Å². The van der Waals surface area contributed by atoms with Gasteiger partial charge in [-0.3, -0.25) is 12.5 Å². The molecular weight excluding hydrogens is 1270 g/mol. The molecule has 0 saturated carbocycles. The van der Waals surface area contributed by atoms with Gasteiger partial charge in [0.15, 0.2) is 37.7 Å². The minimum atomic E-state index is -4.23. The second kappa shape index (κ2) is 33.8. The van der Waals surface area contributed by atoms with Crippen molar-refractivity contribution in [1.29, 1.82) is 0 Å². The number of rotatable bonds is 24. The smallest absolute Gasteiger partial charge is 0.264 e. The fourth-order valence-electron chi connectivity index (χ4n) is 12.9. The molecule has 22 aliphatic heterocycles. The van der Waals surface area contributed by atoms with Crippen LogP contribution in [-0.4, -0.2) is 333 Å². The van der Waals surface area contributed by atoms with E-state index in [4.69, 9.17) is 126 Å². The van der Waals surface area contributed by atoms with Gasteiger partial charge in [0.2, 0.25) is 0 Å². The summed E-state index contributed by atoms with van der Waals surface area (Å²) >= 11 is 0. The number of ether oxygens (including phenoxy) is 24. The molecule has 0 aromatic carbocycles. The molecule has 0 aromatic rings. The SMILES string of the molecule is CCC1OC2OC3C(CC)OC(OC4C(COS(C)(=O)=O)OC(OC5C(COS(C)(=O)=O)OC(OC6C(COS(C)(=O)=O)OC(OC7C(CC)OC(OC1C(OC)C2OC)C(OC)C7OC)C(OC)C6OC)C(OC)C5OC)C(OC)C4OC)C(OC)C3OC. The lowest BCUT2D eigenvalue weighted by molar-refractivity contribution is -0.407. The minimum Gasteiger partial charge on any atom is -0.376 e. The molecular formula is C54H96O33S3. The standard InChI is InChI=1S/C54H96O33S3/c1-19-25-31-37(61-4)43(67-10)49(76-25)83-32-26(20-2)78-51(45(69-12)38(32)62-5)85-34-28(22-73-88(16,55)56)80-53(47(71-14)40(34)64-7)87-36-30(24-75-90(18,59)60)81-54(48(72-15)42(36)66-9)86-35-29(23-74-89(17,57)58)79-52(46(70-13)41(35)65-8)84-33-27(21-3)77-50(82-31)44(68-11)39(33)63-6/h25-54H,19-24H2,1-18H3. The normalized spacial score (nSPS) is 44.3. The van der Waals surface area contributed by atoms with Crippen LogP contribution in [0.3, 0.4) is 0 Å². The van der Waals surface area contributed by atoms with Gasteiger partial charge in [-0.25, -0.2) is 0 Å². The van der Waals surface area contributed by atoms with Gasteiger partial charge in [0.05, 0.1) is 56.9 Å². The molecule has 22 rings (SSSR count). The lowest BCUT2D eigenvalue weighted by Gasteiger charge is -2.53.